The second-order valence-electron chi connectivity index (χ2n) is 8.46. The van der Waals surface area contributed by atoms with Crippen LogP contribution in [0.15, 0.2) is 42.5 Å². The third-order valence-corrected chi connectivity index (χ3v) is 7.97. The largest absolute Gasteiger partial charge is 0.491 e. The smallest absolute Gasteiger partial charge is 0.223 e. The number of carbonyl (C=O) groups excluding carboxylic acids is 1. The number of carbonyl (C=O) groups is 1. The molecule has 6 nitrogen and oxygen atoms in total. The molecule has 2 aromatic rings. The van der Waals surface area contributed by atoms with E-state index in [2.05, 4.69) is 19.2 Å². The molecule has 1 aliphatic heterocycles. The molecular weight excluding hydrogens is 467 g/mol. The van der Waals surface area contributed by atoms with E-state index in [1.54, 1.807) is 0 Å². The van der Waals surface area contributed by atoms with Crippen molar-refractivity contribution in [3.8, 4) is 5.75 Å². The van der Waals surface area contributed by atoms with Crippen LogP contribution in [0.2, 0.25) is 5.02 Å². The number of hydrogen-bond acceptors (Lipinski definition) is 4. The molecule has 0 radical (unpaired) electrons. The topological polar surface area (TPSA) is 75.7 Å². The summed E-state index contributed by atoms with van der Waals surface area (Å²) in [7, 11) is -3.74. The van der Waals surface area contributed by atoms with Crippen LogP contribution in [0.1, 0.15) is 43.7 Å². The molecule has 1 aliphatic rings. The number of benzene rings is 2. The minimum atomic E-state index is -3.74. The average molecular weight is 497 g/mol. The number of sulfonamides is 1. The molecule has 1 fully saturated rings. The highest BCUT2D eigenvalue weighted by atomic mass is 35.5. The number of amides is 1. The van der Waals surface area contributed by atoms with Crippen LogP contribution < -0.4 is 10.1 Å². The van der Waals surface area contributed by atoms with Crippen LogP contribution >= 0.6 is 11.6 Å². The maximum absolute atomic E-state index is 14.0. The summed E-state index contributed by atoms with van der Waals surface area (Å²) >= 11 is 5.98. The van der Waals surface area contributed by atoms with E-state index in [0.29, 0.717) is 31.9 Å². The van der Waals surface area contributed by atoms with Gasteiger partial charge in [0.2, 0.25) is 15.9 Å². The predicted molar refractivity (Wildman–Crippen MR) is 127 cm³/mol. The Morgan fingerprint density at radius 1 is 1.18 bits per heavy atom. The number of nitrogens with zero attached hydrogens (tertiary/aromatic N) is 1. The Balaban J connectivity index is 1.45. The Morgan fingerprint density at radius 3 is 2.55 bits per heavy atom. The second-order valence-corrected chi connectivity index (χ2v) is 10.8. The van der Waals surface area contributed by atoms with Crippen LogP contribution in [0.5, 0.6) is 5.75 Å². The minimum Gasteiger partial charge on any atom is -0.491 e. The van der Waals surface area contributed by atoms with E-state index in [9.17, 15) is 17.6 Å². The Morgan fingerprint density at radius 2 is 1.88 bits per heavy atom. The van der Waals surface area contributed by atoms with Gasteiger partial charge >= 0.3 is 0 Å². The molecule has 180 valence electrons. The third kappa shape index (κ3) is 6.68. The monoisotopic (exact) mass is 496 g/mol. The fourth-order valence-electron chi connectivity index (χ4n) is 3.91. The van der Waals surface area contributed by atoms with E-state index >= 15 is 0 Å². The van der Waals surface area contributed by atoms with E-state index in [1.165, 1.54) is 22.5 Å². The van der Waals surface area contributed by atoms with Gasteiger partial charge in [-0.2, -0.15) is 0 Å². The summed E-state index contributed by atoms with van der Waals surface area (Å²) in [6.07, 6.45) is 0.820. The summed E-state index contributed by atoms with van der Waals surface area (Å²) in [5.74, 6) is -0.355. The van der Waals surface area contributed by atoms with Gasteiger partial charge < -0.3 is 10.1 Å². The zero-order chi connectivity index (χ0) is 24.0. The quantitative estimate of drug-likeness (QED) is 0.524. The second kappa shape index (κ2) is 11.3. The van der Waals surface area contributed by atoms with Crippen LogP contribution in [0.25, 0.3) is 0 Å². The minimum absolute atomic E-state index is 0.0296. The summed E-state index contributed by atoms with van der Waals surface area (Å²) in [4.78, 5) is 12.5. The lowest BCUT2D eigenvalue weighted by molar-refractivity contribution is -0.126. The van der Waals surface area contributed by atoms with Crippen LogP contribution in [-0.4, -0.2) is 44.9 Å². The standard InChI is InChI=1S/C24H30ClFN2O4S/c1-17(2)19-6-3-4-9-23(19)32-15-12-27-24(29)18-10-13-28(14-11-18)33(30,31)16-20-21(25)7-5-8-22(20)26/h3-9,17-18H,10-16H2,1-2H3,(H,27,29). The van der Waals surface area contributed by atoms with E-state index < -0.39 is 21.6 Å². The van der Waals surface area contributed by atoms with Crippen molar-refractivity contribution in [3.05, 3.63) is 64.4 Å². The van der Waals surface area contributed by atoms with Gasteiger partial charge in [0, 0.05) is 29.6 Å². The fraction of sp³-hybridized carbons (Fsp3) is 0.458. The van der Waals surface area contributed by atoms with Crippen molar-refractivity contribution in [2.75, 3.05) is 26.2 Å². The Kier molecular flexibility index (Phi) is 8.73. The van der Waals surface area contributed by atoms with Crippen LogP contribution in [0.3, 0.4) is 0 Å². The molecule has 9 heteroatoms. The van der Waals surface area contributed by atoms with Gasteiger partial charge in [-0.1, -0.05) is 49.7 Å². The van der Waals surface area contributed by atoms with Crippen molar-refractivity contribution in [1.29, 1.82) is 0 Å². The molecule has 0 spiro atoms. The molecule has 0 bridgehead atoms. The molecule has 33 heavy (non-hydrogen) atoms. The van der Waals surface area contributed by atoms with Gasteiger partial charge in [-0.3, -0.25) is 4.79 Å². The molecule has 1 saturated heterocycles. The van der Waals surface area contributed by atoms with Gasteiger partial charge in [0.15, 0.2) is 0 Å². The number of hydrogen-bond donors (Lipinski definition) is 1. The summed E-state index contributed by atoms with van der Waals surface area (Å²) < 4.78 is 46.6. The molecule has 0 unspecified atom stereocenters. The number of piperidine rings is 1. The molecular formula is C24H30ClFN2O4S. The Bertz CT molecular complexity index is 1050. The van der Waals surface area contributed by atoms with Crippen molar-refractivity contribution in [2.45, 2.75) is 38.4 Å². The van der Waals surface area contributed by atoms with Crippen molar-refractivity contribution >= 4 is 27.5 Å². The van der Waals surface area contributed by atoms with Crippen molar-refractivity contribution in [3.63, 3.8) is 0 Å². The summed E-state index contributed by atoms with van der Waals surface area (Å²) in [6, 6.07) is 11.9. The van der Waals surface area contributed by atoms with Crippen molar-refractivity contribution < 1.29 is 22.3 Å². The third-order valence-electron chi connectivity index (χ3n) is 5.81. The SMILES string of the molecule is CC(C)c1ccccc1OCCNC(=O)C1CCN(S(=O)(=O)Cc2c(F)cccc2Cl)CC1. The summed E-state index contributed by atoms with van der Waals surface area (Å²) in [5.41, 5.74) is 1.09. The first-order chi connectivity index (χ1) is 15.7. The fourth-order valence-corrected chi connectivity index (χ4v) is 5.83. The van der Waals surface area contributed by atoms with Gasteiger partial charge in [-0.05, 0) is 42.5 Å². The number of para-hydroxylation sites is 1. The number of ether oxygens (including phenoxy) is 1. The molecule has 3 rings (SSSR count). The summed E-state index contributed by atoms with van der Waals surface area (Å²) in [6.45, 7) is 5.35. The number of halogens is 2. The number of rotatable bonds is 9. The maximum Gasteiger partial charge on any atom is 0.223 e. The van der Waals surface area contributed by atoms with Gasteiger partial charge in [0.1, 0.15) is 18.2 Å². The van der Waals surface area contributed by atoms with Crippen molar-refractivity contribution in [1.82, 2.24) is 9.62 Å². The van der Waals surface area contributed by atoms with Gasteiger partial charge in [0.25, 0.3) is 0 Å². The molecule has 0 saturated carbocycles. The van der Waals surface area contributed by atoms with Crippen LogP contribution in [0.4, 0.5) is 4.39 Å². The summed E-state index contributed by atoms with van der Waals surface area (Å²) in [5, 5.41) is 2.97. The number of nitrogens with one attached hydrogen (secondary N) is 1. The first-order valence-corrected chi connectivity index (χ1v) is 13.1. The van der Waals surface area contributed by atoms with E-state index in [4.69, 9.17) is 16.3 Å². The highest BCUT2D eigenvalue weighted by Gasteiger charge is 2.32. The van der Waals surface area contributed by atoms with Gasteiger partial charge in [-0.25, -0.2) is 17.1 Å². The Labute approximate surface area is 200 Å². The molecule has 0 aromatic heterocycles. The zero-order valence-corrected chi connectivity index (χ0v) is 20.5. The van der Waals surface area contributed by atoms with Gasteiger partial charge in [0.05, 0.1) is 12.3 Å². The Hall–Kier alpha value is -2.16. The first kappa shape index (κ1) is 25.5. The lowest BCUT2D eigenvalue weighted by atomic mass is 9.97. The average Bonchev–Trinajstić information content (AvgIpc) is 2.79. The highest BCUT2D eigenvalue weighted by Crippen LogP contribution is 2.27. The first-order valence-electron chi connectivity index (χ1n) is 11.1. The normalized spacial score (nSPS) is 15.5. The lowest BCUT2D eigenvalue weighted by Crippen LogP contribution is -2.44. The van der Waals surface area contributed by atoms with Crippen molar-refractivity contribution in [2.24, 2.45) is 5.92 Å². The molecule has 2 aromatic carbocycles. The maximum atomic E-state index is 14.0. The van der Waals surface area contributed by atoms with E-state index in [-0.39, 0.29) is 35.5 Å². The lowest BCUT2D eigenvalue weighted by Gasteiger charge is -2.30. The molecule has 1 heterocycles. The van der Waals surface area contributed by atoms with Crippen LogP contribution in [0, 0.1) is 11.7 Å². The molecule has 0 atom stereocenters. The van der Waals surface area contributed by atoms with Gasteiger partial charge in [-0.15, -0.1) is 0 Å². The zero-order valence-electron chi connectivity index (χ0n) is 18.9. The molecule has 1 N–H and O–H groups in total. The van der Waals surface area contributed by atoms with Crippen LogP contribution in [-0.2, 0) is 20.6 Å². The van der Waals surface area contributed by atoms with E-state index in [0.717, 1.165) is 11.3 Å². The predicted octanol–water partition coefficient (Wildman–Crippen LogP) is 4.34. The van der Waals surface area contributed by atoms with E-state index in [1.807, 2.05) is 24.3 Å². The molecule has 1 amide bonds. The highest BCUT2D eigenvalue weighted by molar-refractivity contribution is 7.88. The molecule has 0 aliphatic carbocycles.